The summed E-state index contributed by atoms with van der Waals surface area (Å²) in [7, 11) is 0. The van der Waals surface area contributed by atoms with Crippen LogP contribution in [0.5, 0.6) is 0 Å². The zero-order valence-corrected chi connectivity index (χ0v) is 11.0. The first-order valence-electron chi connectivity index (χ1n) is 6.66. The van der Waals surface area contributed by atoms with Crippen LogP contribution >= 0.6 is 0 Å². The van der Waals surface area contributed by atoms with Crippen LogP contribution in [0.25, 0.3) is 10.8 Å². The first kappa shape index (κ1) is 12.2. The lowest BCUT2D eigenvalue weighted by molar-refractivity contribution is 0.102. The number of hydrogen-bond donors (Lipinski definition) is 1. The summed E-state index contributed by atoms with van der Waals surface area (Å²) >= 11 is 0. The SMILES string of the molecule is CC1OCCC1Cn1c(N)cc2ccccc2c1=O. The van der Waals surface area contributed by atoms with Crippen LogP contribution in [0.1, 0.15) is 13.3 Å². The Kier molecular flexibility index (Phi) is 3.03. The Morgan fingerprint density at radius 3 is 2.95 bits per heavy atom. The van der Waals surface area contributed by atoms with Crippen LogP contribution in [0.15, 0.2) is 35.1 Å². The zero-order chi connectivity index (χ0) is 13.4. The Bertz CT molecular complexity index is 663. The summed E-state index contributed by atoms with van der Waals surface area (Å²) in [5.74, 6) is 0.893. The quantitative estimate of drug-likeness (QED) is 0.896. The third-order valence-corrected chi connectivity index (χ3v) is 4.00. The molecule has 0 amide bonds. The van der Waals surface area contributed by atoms with Gasteiger partial charge in [0.2, 0.25) is 0 Å². The number of nitrogens with two attached hydrogens (primary N) is 1. The Morgan fingerprint density at radius 1 is 1.42 bits per heavy atom. The molecular formula is C15H18N2O2. The van der Waals surface area contributed by atoms with Crippen molar-refractivity contribution in [1.82, 2.24) is 4.57 Å². The largest absolute Gasteiger partial charge is 0.385 e. The van der Waals surface area contributed by atoms with E-state index >= 15 is 0 Å². The highest BCUT2D eigenvalue weighted by Gasteiger charge is 2.25. The number of benzene rings is 1. The van der Waals surface area contributed by atoms with E-state index in [9.17, 15) is 4.79 Å². The van der Waals surface area contributed by atoms with E-state index in [0.29, 0.717) is 18.3 Å². The highest BCUT2D eigenvalue weighted by molar-refractivity contribution is 5.83. The van der Waals surface area contributed by atoms with Crippen molar-refractivity contribution in [3.8, 4) is 0 Å². The molecule has 0 saturated carbocycles. The molecule has 100 valence electrons. The molecule has 0 aliphatic carbocycles. The molecule has 2 heterocycles. The number of anilines is 1. The fourth-order valence-corrected chi connectivity index (χ4v) is 2.76. The number of nitrogen functional groups attached to an aromatic ring is 1. The second-order valence-corrected chi connectivity index (χ2v) is 5.20. The van der Waals surface area contributed by atoms with Crippen LogP contribution in [0.2, 0.25) is 0 Å². The number of aromatic nitrogens is 1. The molecule has 19 heavy (non-hydrogen) atoms. The average Bonchev–Trinajstić information content (AvgIpc) is 2.80. The third-order valence-electron chi connectivity index (χ3n) is 4.00. The van der Waals surface area contributed by atoms with E-state index < -0.39 is 0 Å². The van der Waals surface area contributed by atoms with Gasteiger partial charge in [0, 0.05) is 24.5 Å². The maximum atomic E-state index is 12.5. The lowest BCUT2D eigenvalue weighted by Gasteiger charge is -2.18. The van der Waals surface area contributed by atoms with Crippen molar-refractivity contribution in [3.63, 3.8) is 0 Å². The van der Waals surface area contributed by atoms with Gasteiger partial charge in [-0.2, -0.15) is 0 Å². The van der Waals surface area contributed by atoms with Crippen LogP contribution in [0.4, 0.5) is 5.82 Å². The molecule has 3 rings (SSSR count). The maximum absolute atomic E-state index is 12.5. The standard InChI is InChI=1S/C15H18N2O2/c1-10-12(6-7-19-10)9-17-14(16)8-11-4-2-3-5-13(11)15(17)18/h2-5,8,10,12H,6-7,9,16H2,1H3. The maximum Gasteiger partial charge on any atom is 0.259 e. The summed E-state index contributed by atoms with van der Waals surface area (Å²) < 4.78 is 7.23. The number of rotatable bonds is 2. The minimum absolute atomic E-state index is 0.00491. The summed E-state index contributed by atoms with van der Waals surface area (Å²) in [6, 6.07) is 9.43. The van der Waals surface area contributed by atoms with E-state index in [1.54, 1.807) is 4.57 Å². The van der Waals surface area contributed by atoms with Crippen molar-refractivity contribution in [1.29, 1.82) is 0 Å². The van der Waals surface area contributed by atoms with Crippen molar-refractivity contribution in [2.45, 2.75) is 26.0 Å². The summed E-state index contributed by atoms with van der Waals surface area (Å²) in [5, 5.41) is 1.63. The molecule has 1 aliphatic rings. The van der Waals surface area contributed by atoms with Crippen LogP contribution in [0.3, 0.4) is 0 Å². The van der Waals surface area contributed by atoms with E-state index in [-0.39, 0.29) is 11.7 Å². The molecule has 1 aromatic heterocycles. The van der Waals surface area contributed by atoms with Gasteiger partial charge in [-0.05, 0) is 30.9 Å². The van der Waals surface area contributed by atoms with Crippen molar-refractivity contribution in [3.05, 3.63) is 40.7 Å². The minimum atomic E-state index is -0.00491. The minimum Gasteiger partial charge on any atom is -0.385 e. The Morgan fingerprint density at radius 2 is 2.21 bits per heavy atom. The van der Waals surface area contributed by atoms with Gasteiger partial charge in [-0.25, -0.2) is 0 Å². The molecule has 2 aromatic rings. The molecule has 1 aromatic carbocycles. The molecule has 0 radical (unpaired) electrons. The van der Waals surface area contributed by atoms with Crippen LogP contribution in [-0.4, -0.2) is 17.3 Å². The van der Waals surface area contributed by atoms with Gasteiger partial charge >= 0.3 is 0 Å². The molecule has 2 N–H and O–H groups in total. The average molecular weight is 258 g/mol. The molecule has 2 unspecified atom stereocenters. The molecule has 4 heteroatoms. The lowest BCUT2D eigenvalue weighted by atomic mass is 10.0. The Balaban J connectivity index is 2.05. The summed E-state index contributed by atoms with van der Waals surface area (Å²) in [6.45, 7) is 3.46. The predicted octanol–water partition coefficient (Wildman–Crippen LogP) is 2.01. The Hall–Kier alpha value is -1.81. The first-order valence-corrected chi connectivity index (χ1v) is 6.66. The van der Waals surface area contributed by atoms with Gasteiger partial charge in [-0.1, -0.05) is 18.2 Å². The van der Waals surface area contributed by atoms with E-state index in [4.69, 9.17) is 10.5 Å². The molecule has 1 saturated heterocycles. The van der Waals surface area contributed by atoms with Crippen LogP contribution in [0, 0.1) is 5.92 Å². The second-order valence-electron chi connectivity index (χ2n) is 5.20. The van der Waals surface area contributed by atoms with E-state index in [1.807, 2.05) is 30.3 Å². The highest BCUT2D eigenvalue weighted by Crippen LogP contribution is 2.23. The van der Waals surface area contributed by atoms with Gasteiger partial charge < -0.3 is 10.5 Å². The molecule has 1 aliphatic heterocycles. The number of nitrogens with zero attached hydrogens (tertiary/aromatic N) is 1. The van der Waals surface area contributed by atoms with Crippen LogP contribution in [-0.2, 0) is 11.3 Å². The highest BCUT2D eigenvalue weighted by atomic mass is 16.5. The third kappa shape index (κ3) is 2.12. The van der Waals surface area contributed by atoms with Crippen LogP contribution < -0.4 is 11.3 Å². The van der Waals surface area contributed by atoms with Gasteiger partial charge in [0.25, 0.3) is 5.56 Å². The topological polar surface area (TPSA) is 57.2 Å². The number of fused-ring (bicyclic) bond motifs is 1. The van der Waals surface area contributed by atoms with Gasteiger partial charge in [0.15, 0.2) is 0 Å². The fourth-order valence-electron chi connectivity index (χ4n) is 2.76. The van der Waals surface area contributed by atoms with Gasteiger partial charge in [-0.15, -0.1) is 0 Å². The molecule has 4 nitrogen and oxygen atoms in total. The predicted molar refractivity (Wildman–Crippen MR) is 76.1 cm³/mol. The van der Waals surface area contributed by atoms with Crippen molar-refractivity contribution >= 4 is 16.6 Å². The summed E-state index contributed by atoms with van der Waals surface area (Å²) in [6.07, 6.45) is 1.18. The zero-order valence-electron chi connectivity index (χ0n) is 11.0. The number of hydrogen-bond acceptors (Lipinski definition) is 3. The van der Waals surface area contributed by atoms with Gasteiger partial charge in [-0.3, -0.25) is 9.36 Å². The Labute approximate surface area is 111 Å². The molecule has 0 spiro atoms. The number of pyridine rings is 1. The molecular weight excluding hydrogens is 240 g/mol. The molecule has 2 atom stereocenters. The van der Waals surface area contributed by atoms with E-state index in [1.165, 1.54) is 0 Å². The molecule has 1 fully saturated rings. The van der Waals surface area contributed by atoms with Crippen molar-refractivity contribution < 1.29 is 4.74 Å². The number of ether oxygens (including phenoxy) is 1. The van der Waals surface area contributed by atoms with Crippen molar-refractivity contribution in [2.75, 3.05) is 12.3 Å². The van der Waals surface area contributed by atoms with E-state index in [2.05, 4.69) is 6.92 Å². The van der Waals surface area contributed by atoms with Gasteiger partial charge in [0.05, 0.1) is 6.10 Å². The fraction of sp³-hybridized carbons (Fsp3) is 0.400. The van der Waals surface area contributed by atoms with Gasteiger partial charge in [0.1, 0.15) is 5.82 Å². The monoisotopic (exact) mass is 258 g/mol. The van der Waals surface area contributed by atoms with E-state index in [0.717, 1.165) is 23.8 Å². The molecule has 0 bridgehead atoms. The second kappa shape index (κ2) is 4.70. The first-order chi connectivity index (χ1) is 9.16. The summed E-state index contributed by atoms with van der Waals surface area (Å²) in [5.41, 5.74) is 6.03. The smallest absolute Gasteiger partial charge is 0.259 e. The summed E-state index contributed by atoms with van der Waals surface area (Å²) in [4.78, 5) is 12.5. The lowest BCUT2D eigenvalue weighted by Crippen LogP contribution is -2.28. The normalized spacial score (nSPS) is 23.0. The van der Waals surface area contributed by atoms with Crippen molar-refractivity contribution in [2.24, 2.45) is 5.92 Å².